The third-order valence-electron chi connectivity index (χ3n) is 5.05. The van der Waals surface area contributed by atoms with E-state index in [9.17, 15) is 4.79 Å². The summed E-state index contributed by atoms with van der Waals surface area (Å²) in [5.74, 6) is 1.95. The number of carbonyl (C=O) groups is 1. The molecule has 1 fully saturated rings. The second-order valence-electron chi connectivity index (χ2n) is 6.88. The van der Waals surface area contributed by atoms with E-state index >= 15 is 0 Å². The Balaban J connectivity index is 1.58. The summed E-state index contributed by atoms with van der Waals surface area (Å²) in [5, 5.41) is 11.8. The topological polar surface area (TPSA) is 67.4 Å². The third-order valence-corrected chi connectivity index (χ3v) is 5.05. The Bertz CT molecular complexity index is 740. The Kier molecular flexibility index (Phi) is 6.63. The standard InChI is InChI=1S/C21H28N4O2/c1-3-4-13-22-21(26)16-11-14-25(15-12-16)20-10-9-18(23-24-20)17-7-5-6-8-19(17)27-2/h5-10,16H,3-4,11-15H2,1-2H3,(H,22,26). The predicted octanol–water partition coefficient (Wildman–Crippen LogP) is 3.28. The highest BCUT2D eigenvalue weighted by Gasteiger charge is 2.25. The molecule has 1 aliphatic rings. The Morgan fingerprint density at radius 2 is 1.96 bits per heavy atom. The molecule has 1 aliphatic heterocycles. The van der Waals surface area contributed by atoms with Crippen LogP contribution >= 0.6 is 0 Å². The largest absolute Gasteiger partial charge is 0.496 e. The lowest BCUT2D eigenvalue weighted by Gasteiger charge is -2.31. The highest BCUT2D eigenvalue weighted by atomic mass is 16.5. The van der Waals surface area contributed by atoms with Gasteiger partial charge in [-0.15, -0.1) is 10.2 Å². The molecular formula is C21H28N4O2. The van der Waals surface area contributed by atoms with Crippen molar-refractivity contribution in [3.63, 3.8) is 0 Å². The minimum atomic E-state index is 0.110. The van der Waals surface area contributed by atoms with Crippen LogP contribution < -0.4 is 15.0 Å². The fraction of sp³-hybridized carbons (Fsp3) is 0.476. The Morgan fingerprint density at radius 3 is 2.63 bits per heavy atom. The molecule has 0 saturated carbocycles. The summed E-state index contributed by atoms with van der Waals surface area (Å²) < 4.78 is 5.40. The van der Waals surface area contributed by atoms with Gasteiger partial charge in [0.1, 0.15) is 5.75 Å². The van der Waals surface area contributed by atoms with E-state index in [4.69, 9.17) is 4.74 Å². The van der Waals surface area contributed by atoms with Gasteiger partial charge in [-0.05, 0) is 43.5 Å². The first kappa shape index (κ1) is 19.1. The van der Waals surface area contributed by atoms with E-state index in [-0.39, 0.29) is 11.8 Å². The van der Waals surface area contributed by atoms with E-state index in [0.717, 1.165) is 68.1 Å². The first-order valence-corrected chi connectivity index (χ1v) is 9.72. The van der Waals surface area contributed by atoms with E-state index in [1.807, 2.05) is 36.4 Å². The molecule has 0 radical (unpaired) electrons. The summed E-state index contributed by atoms with van der Waals surface area (Å²) in [6.07, 6.45) is 3.85. The van der Waals surface area contributed by atoms with Gasteiger partial charge in [0.25, 0.3) is 0 Å². The van der Waals surface area contributed by atoms with Gasteiger partial charge in [-0.2, -0.15) is 0 Å². The number of ether oxygens (including phenoxy) is 1. The van der Waals surface area contributed by atoms with Crippen LogP contribution in [0.2, 0.25) is 0 Å². The van der Waals surface area contributed by atoms with E-state index in [0.29, 0.717) is 0 Å². The summed E-state index contributed by atoms with van der Waals surface area (Å²) in [7, 11) is 1.66. The molecule has 2 heterocycles. The maximum Gasteiger partial charge on any atom is 0.223 e. The Hall–Kier alpha value is -2.63. The minimum absolute atomic E-state index is 0.110. The highest BCUT2D eigenvalue weighted by Crippen LogP contribution is 2.29. The number of unbranched alkanes of at least 4 members (excludes halogenated alkanes) is 1. The molecule has 0 atom stereocenters. The molecule has 0 bridgehead atoms. The van der Waals surface area contributed by atoms with Gasteiger partial charge in [0.05, 0.1) is 12.8 Å². The molecule has 144 valence electrons. The Morgan fingerprint density at radius 1 is 1.19 bits per heavy atom. The number of nitrogens with zero attached hydrogens (tertiary/aromatic N) is 3. The molecule has 6 heteroatoms. The van der Waals surface area contributed by atoms with E-state index in [1.165, 1.54) is 0 Å². The quantitative estimate of drug-likeness (QED) is 0.760. The van der Waals surface area contributed by atoms with Gasteiger partial charge in [0.2, 0.25) is 5.91 Å². The molecule has 1 amide bonds. The van der Waals surface area contributed by atoms with Crippen LogP contribution in [0.25, 0.3) is 11.3 Å². The molecule has 0 spiro atoms. The van der Waals surface area contributed by atoms with Gasteiger partial charge >= 0.3 is 0 Å². The predicted molar refractivity (Wildman–Crippen MR) is 107 cm³/mol. The fourth-order valence-electron chi connectivity index (χ4n) is 3.40. The lowest BCUT2D eigenvalue weighted by molar-refractivity contribution is -0.125. The monoisotopic (exact) mass is 368 g/mol. The van der Waals surface area contributed by atoms with Gasteiger partial charge in [-0.3, -0.25) is 4.79 Å². The summed E-state index contributed by atoms with van der Waals surface area (Å²) >= 11 is 0. The van der Waals surface area contributed by atoms with Crippen molar-refractivity contribution in [3.05, 3.63) is 36.4 Å². The number of nitrogens with one attached hydrogen (secondary N) is 1. The van der Waals surface area contributed by atoms with Crippen molar-refractivity contribution >= 4 is 11.7 Å². The maximum atomic E-state index is 12.2. The van der Waals surface area contributed by atoms with Crippen molar-refractivity contribution in [2.75, 3.05) is 31.6 Å². The first-order chi connectivity index (χ1) is 13.2. The SMILES string of the molecule is CCCCNC(=O)C1CCN(c2ccc(-c3ccccc3OC)nn2)CC1. The molecule has 2 aromatic rings. The number of hydrogen-bond acceptors (Lipinski definition) is 5. The highest BCUT2D eigenvalue weighted by molar-refractivity contribution is 5.79. The second kappa shape index (κ2) is 9.35. The lowest BCUT2D eigenvalue weighted by atomic mass is 9.96. The number of para-hydroxylation sites is 1. The number of benzene rings is 1. The number of piperidine rings is 1. The minimum Gasteiger partial charge on any atom is -0.496 e. The van der Waals surface area contributed by atoms with Crippen LogP contribution in [0.5, 0.6) is 5.75 Å². The number of aromatic nitrogens is 2. The summed E-state index contributed by atoms with van der Waals surface area (Å²) in [6.45, 7) is 4.57. The van der Waals surface area contributed by atoms with Crippen molar-refractivity contribution in [1.82, 2.24) is 15.5 Å². The first-order valence-electron chi connectivity index (χ1n) is 9.72. The molecule has 6 nitrogen and oxygen atoms in total. The van der Waals surface area contributed by atoms with Crippen LogP contribution in [0.1, 0.15) is 32.6 Å². The van der Waals surface area contributed by atoms with Crippen LogP contribution in [0.4, 0.5) is 5.82 Å². The van der Waals surface area contributed by atoms with Crippen LogP contribution in [-0.4, -0.2) is 42.8 Å². The summed E-state index contributed by atoms with van der Waals surface area (Å²) in [5.41, 5.74) is 1.72. The summed E-state index contributed by atoms with van der Waals surface area (Å²) in [4.78, 5) is 14.4. The zero-order valence-corrected chi connectivity index (χ0v) is 16.1. The lowest BCUT2D eigenvalue weighted by Crippen LogP contribution is -2.41. The van der Waals surface area contributed by atoms with Gasteiger partial charge in [0, 0.05) is 31.1 Å². The molecule has 1 N–H and O–H groups in total. The van der Waals surface area contributed by atoms with Crippen LogP contribution in [-0.2, 0) is 4.79 Å². The van der Waals surface area contributed by atoms with Gasteiger partial charge in [0.15, 0.2) is 5.82 Å². The van der Waals surface area contributed by atoms with Crippen molar-refractivity contribution in [3.8, 4) is 17.0 Å². The fourth-order valence-corrected chi connectivity index (χ4v) is 3.40. The van der Waals surface area contributed by atoms with E-state index in [1.54, 1.807) is 7.11 Å². The average molecular weight is 368 g/mol. The molecule has 1 aromatic carbocycles. The molecule has 0 unspecified atom stereocenters. The molecule has 1 aromatic heterocycles. The second-order valence-corrected chi connectivity index (χ2v) is 6.88. The number of rotatable bonds is 7. The molecule has 3 rings (SSSR count). The number of hydrogen-bond donors (Lipinski definition) is 1. The number of amides is 1. The van der Waals surface area contributed by atoms with Crippen molar-refractivity contribution in [2.45, 2.75) is 32.6 Å². The number of carbonyl (C=O) groups excluding carboxylic acids is 1. The van der Waals surface area contributed by atoms with Crippen molar-refractivity contribution < 1.29 is 9.53 Å². The van der Waals surface area contributed by atoms with Gasteiger partial charge in [-0.25, -0.2) is 0 Å². The molecule has 0 aliphatic carbocycles. The molecular weight excluding hydrogens is 340 g/mol. The van der Waals surface area contributed by atoms with Gasteiger partial charge < -0.3 is 15.0 Å². The van der Waals surface area contributed by atoms with E-state index in [2.05, 4.69) is 27.3 Å². The average Bonchev–Trinajstić information content (AvgIpc) is 2.74. The molecule has 27 heavy (non-hydrogen) atoms. The Labute approximate surface area is 160 Å². The van der Waals surface area contributed by atoms with Crippen LogP contribution in [0.15, 0.2) is 36.4 Å². The summed E-state index contributed by atoms with van der Waals surface area (Å²) in [6, 6.07) is 11.8. The van der Waals surface area contributed by atoms with E-state index < -0.39 is 0 Å². The van der Waals surface area contributed by atoms with Gasteiger partial charge in [-0.1, -0.05) is 25.5 Å². The number of anilines is 1. The smallest absolute Gasteiger partial charge is 0.223 e. The maximum absolute atomic E-state index is 12.2. The van der Waals surface area contributed by atoms with Crippen molar-refractivity contribution in [1.29, 1.82) is 0 Å². The zero-order valence-electron chi connectivity index (χ0n) is 16.1. The normalized spacial score (nSPS) is 14.8. The van der Waals surface area contributed by atoms with Crippen LogP contribution in [0.3, 0.4) is 0 Å². The van der Waals surface area contributed by atoms with Crippen molar-refractivity contribution in [2.24, 2.45) is 5.92 Å². The zero-order chi connectivity index (χ0) is 19.1. The van der Waals surface area contributed by atoms with Crippen LogP contribution in [0, 0.1) is 5.92 Å². The molecule has 1 saturated heterocycles. The third kappa shape index (κ3) is 4.76. The number of methoxy groups -OCH3 is 1.